The van der Waals surface area contributed by atoms with Crippen molar-refractivity contribution in [3.63, 3.8) is 0 Å². The third-order valence-electron chi connectivity index (χ3n) is 2.79. The van der Waals surface area contributed by atoms with Crippen LogP contribution < -0.4 is 5.32 Å². The molecule has 0 atom stereocenters. The van der Waals surface area contributed by atoms with Crippen molar-refractivity contribution in [3.05, 3.63) is 46.6 Å². The summed E-state index contributed by atoms with van der Waals surface area (Å²) in [5.41, 5.74) is 1.20. The van der Waals surface area contributed by atoms with Gasteiger partial charge in [-0.1, -0.05) is 0 Å². The molecule has 0 aliphatic carbocycles. The number of aromatic nitrogens is 1. The zero-order valence-electron chi connectivity index (χ0n) is 11.2. The van der Waals surface area contributed by atoms with E-state index in [9.17, 15) is 13.2 Å². The summed E-state index contributed by atoms with van der Waals surface area (Å²) < 4.78 is 22.4. The number of thiophene rings is 1. The highest BCUT2D eigenvalue weighted by Gasteiger charge is 2.13. The number of rotatable bonds is 5. The van der Waals surface area contributed by atoms with Gasteiger partial charge in [-0.25, -0.2) is 8.42 Å². The smallest absolute Gasteiger partial charge is 0.270 e. The molecule has 2 heterocycles. The number of hydrogen-bond donors (Lipinski definition) is 1. The lowest BCUT2D eigenvalue weighted by Crippen LogP contribution is -2.26. The summed E-state index contributed by atoms with van der Waals surface area (Å²) in [6.45, 7) is 2.18. The molecular formula is C13H13ClN2O3S2. The minimum absolute atomic E-state index is 0.119. The van der Waals surface area contributed by atoms with E-state index in [2.05, 4.69) is 10.3 Å². The molecule has 0 aromatic carbocycles. The Morgan fingerprint density at radius 2 is 2.14 bits per heavy atom. The van der Waals surface area contributed by atoms with E-state index in [4.69, 9.17) is 10.7 Å². The lowest BCUT2D eigenvalue weighted by Gasteiger charge is -2.06. The normalized spacial score (nSPS) is 11.3. The van der Waals surface area contributed by atoms with Crippen molar-refractivity contribution in [2.75, 3.05) is 6.54 Å². The molecule has 1 N–H and O–H groups in total. The molecule has 0 radical (unpaired) electrons. The van der Waals surface area contributed by atoms with Crippen molar-refractivity contribution in [2.45, 2.75) is 17.6 Å². The maximum Gasteiger partial charge on any atom is 0.270 e. The summed E-state index contributed by atoms with van der Waals surface area (Å²) in [7, 11) is 1.58. The molecule has 8 heteroatoms. The van der Waals surface area contributed by atoms with Gasteiger partial charge in [-0.3, -0.25) is 9.78 Å². The molecule has 112 valence electrons. The monoisotopic (exact) mass is 344 g/mol. The minimum atomic E-state index is -3.68. The fourth-order valence-electron chi connectivity index (χ4n) is 1.74. The Labute approximate surface area is 131 Å². The lowest BCUT2D eigenvalue weighted by atomic mass is 10.2. The highest BCUT2D eigenvalue weighted by Crippen LogP contribution is 2.24. The SMILES string of the molecule is Cc1ncccc1C(=O)NCCc1ccc(S(=O)(=O)Cl)s1. The fourth-order valence-corrected chi connectivity index (χ4v) is 3.86. The molecule has 2 aromatic rings. The van der Waals surface area contributed by atoms with Crippen LogP contribution in [0.15, 0.2) is 34.7 Å². The van der Waals surface area contributed by atoms with Crippen LogP contribution in [0.1, 0.15) is 20.9 Å². The average molecular weight is 345 g/mol. The van der Waals surface area contributed by atoms with Crippen LogP contribution >= 0.6 is 22.0 Å². The standard InChI is InChI=1S/C13H13ClN2O3S2/c1-9-11(3-2-7-15-9)13(17)16-8-6-10-4-5-12(20-10)21(14,18)19/h2-5,7H,6,8H2,1H3,(H,16,17). The van der Waals surface area contributed by atoms with Gasteiger partial charge in [0.25, 0.3) is 15.0 Å². The number of pyridine rings is 1. The lowest BCUT2D eigenvalue weighted by molar-refractivity contribution is 0.0953. The van der Waals surface area contributed by atoms with E-state index in [1.807, 2.05) is 0 Å². The summed E-state index contributed by atoms with van der Waals surface area (Å²) >= 11 is 1.11. The third kappa shape index (κ3) is 4.26. The van der Waals surface area contributed by atoms with E-state index in [1.165, 1.54) is 6.07 Å². The zero-order valence-corrected chi connectivity index (χ0v) is 13.6. The maximum atomic E-state index is 12.0. The van der Waals surface area contributed by atoms with Crippen molar-refractivity contribution in [1.82, 2.24) is 10.3 Å². The van der Waals surface area contributed by atoms with E-state index < -0.39 is 9.05 Å². The minimum Gasteiger partial charge on any atom is -0.352 e. The van der Waals surface area contributed by atoms with Crippen LogP contribution in [0.25, 0.3) is 0 Å². The van der Waals surface area contributed by atoms with E-state index in [1.54, 1.807) is 31.3 Å². The van der Waals surface area contributed by atoms with Crippen molar-refractivity contribution in [3.8, 4) is 0 Å². The quantitative estimate of drug-likeness (QED) is 0.845. The summed E-state index contributed by atoms with van der Waals surface area (Å²) in [5, 5.41) is 2.78. The first-order valence-corrected chi connectivity index (χ1v) is 9.23. The Kier molecular flexibility index (Phi) is 4.97. The number of halogens is 1. The zero-order chi connectivity index (χ0) is 15.5. The van der Waals surface area contributed by atoms with Crippen LogP contribution in [0.2, 0.25) is 0 Å². The summed E-state index contributed by atoms with van der Waals surface area (Å²) in [4.78, 5) is 16.9. The van der Waals surface area contributed by atoms with E-state index in [-0.39, 0.29) is 10.1 Å². The molecule has 1 amide bonds. The second kappa shape index (κ2) is 6.55. The Bertz CT molecular complexity index is 756. The first-order valence-electron chi connectivity index (χ1n) is 6.11. The van der Waals surface area contributed by atoms with Crippen molar-refractivity contribution < 1.29 is 13.2 Å². The van der Waals surface area contributed by atoms with Gasteiger partial charge in [-0.05, 0) is 37.6 Å². The summed E-state index contributed by atoms with van der Waals surface area (Å²) in [6, 6.07) is 6.58. The topological polar surface area (TPSA) is 76.1 Å². The average Bonchev–Trinajstić information content (AvgIpc) is 2.88. The van der Waals surface area contributed by atoms with Crippen LogP contribution in [-0.2, 0) is 15.5 Å². The molecule has 0 bridgehead atoms. The van der Waals surface area contributed by atoms with Crippen LogP contribution in [0.5, 0.6) is 0 Å². The number of hydrogen-bond acceptors (Lipinski definition) is 5. The van der Waals surface area contributed by atoms with Gasteiger partial charge in [0.2, 0.25) is 0 Å². The number of nitrogens with one attached hydrogen (secondary N) is 1. The van der Waals surface area contributed by atoms with Gasteiger partial charge in [0, 0.05) is 34.0 Å². The number of carbonyl (C=O) groups is 1. The molecule has 0 saturated carbocycles. The Morgan fingerprint density at radius 1 is 1.38 bits per heavy atom. The molecule has 21 heavy (non-hydrogen) atoms. The molecule has 0 spiro atoms. The summed E-state index contributed by atoms with van der Waals surface area (Å²) in [6.07, 6.45) is 2.17. The second-order valence-electron chi connectivity index (χ2n) is 4.30. The maximum absolute atomic E-state index is 12.0. The van der Waals surface area contributed by atoms with Gasteiger partial charge >= 0.3 is 0 Å². The van der Waals surface area contributed by atoms with Gasteiger partial charge in [0.05, 0.1) is 5.56 Å². The first kappa shape index (κ1) is 15.9. The van der Waals surface area contributed by atoms with Crippen molar-refractivity contribution >= 4 is 37.0 Å². The first-order chi connectivity index (χ1) is 9.88. The van der Waals surface area contributed by atoms with Gasteiger partial charge in [0.15, 0.2) is 0 Å². The highest BCUT2D eigenvalue weighted by molar-refractivity contribution is 8.15. The van der Waals surface area contributed by atoms with Crippen LogP contribution in [0.3, 0.4) is 0 Å². The fraction of sp³-hybridized carbons (Fsp3) is 0.231. The van der Waals surface area contributed by atoms with Gasteiger partial charge in [-0.15, -0.1) is 11.3 Å². The second-order valence-corrected chi connectivity index (χ2v) is 8.26. The van der Waals surface area contributed by atoms with Gasteiger partial charge in [-0.2, -0.15) is 0 Å². The molecule has 0 aliphatic rings. The van der Waals surface area contributed by atoms with E-state index in [0.717, 1.165) is 16.2 Å². The van der Waals surface area contributed by atoms with Gasteiger partial charge < -0.3 is 5.32 Å². The third-order valence-corrected chi connectivity index (χ3v) is 6.02. The van der Waals surface area contributed by atoms with E-state index >= 15 is 0 Å². The highest BCUT2D eigenvalue weighted by atomic mass is 35.7. The summed E-state index contributed by atoms with van der Waals surface area (Å²) in [5.74, 6) is -0.192. The molecule has 2 rings (SSSR count). The molecule has 0 aliphatic heterocycles. The van der Waals surface area contributed by atoms with Crippen LogP contribution in [-0.4, -0.2) is 25.9 Å². The molecular weight excluding hydrogens is 332 g/mol. The molecule has 2 aromatic heterocycles. The number of carbonyl (C=O) groups excluding carboxylic acids is 1. The number of aryl methyl sites for hydroxylation is 1. The Hall–Kier alpha value is -1.44. The van der Waals surface area contributed by atoms with Crippen LogP contribution in [0, 0.1) is 6.92 Å². The Balaban J connectivity index is 1.92. The van der Waals surface area contributed by atoms with Crippen LogP contribution in [0.4, 0.5) is 0 Å². The molecule has 5 nitrogen and oxygen atoms in total. The van der Waals surface area contributed by atoms with Crippen molar-refractivity contribution in [2.24, 2.45) is 0 Å². The molecule has 0 saturated heterocycles. The molecule has 0 fully saturated rings. The number of amides is 1. The predicted molar refractivity (Wildman–Crippen MR) is 82.4 cm³/mol. The van der Waals surface area contributed by atoms with Crippen molar-refractivity contribution in [1.29, 1.82) is 0 Å². The van der Waals surface area contributed by atoms with E-state index in [0.29, 0.717) is 24.2 Å². The number of nitrogens with zero attached hydrogens (tertiary/aromatic N) is 1. The molecule has 0 unspecified atom stereocenters. The largest absolute Gasteiger partial charge is 0.352 e. The Morgan fingerprint density at radius 3 is 2.76 bits per heavy atom. The predicted octanol–water partition coefficient (Wildman–Crippen LogP) is 2.35. The van der Waals surface area contributed by atoms with Gasteiger partial charge in [0.1, 0.15) is 4.21 Å².